The number of aromatic nitrogens is 3. The monoisotopic (exact) mass is 2000 g/mol. The molecular weight excluding hydrogens is 1820 g/mol. The molecule has 0 fully saturated rings. The molecule has 0 spiro atoms. The standard InChI is InChI=1S/C132H174N12O4/c1-5-9-13-17-21-25-29-33-37-41-45-49-53-57-93-141-97-85-109(86-98-141)129(145)133-113-69-61-105(62-70-113)125-117-77-79-119(137-117)126(106-63-71-114(72-64-106)134-130(146)110-87-99-142(100-88-110)94-58-54-50-46-42-38-34-30-26-22-18-14-10-6-2)121-81-83-123(139-121)128(108-67-75-116(76-68-108)136-132(148)112-91-103-144(104-92-112)96-60-56-52-48-44-40-36-32-28-24-20-16-12-8-4)124-84-82-122(140-124)127(120-80-78-118(125)138-120)107-65-73-115(74-66-107)135-131(147)111-89-101-143(102-90-111)95-59-55-51-47-43-39-35-31-27-23-19-15-11-7-3/h61-92,97-104H,5-60,93-96H2,1-4H3,(H2-3,133,134,135,136,137,138,139,140,145,146,147,148)/p+4. The number of benzene rings is 4. The number of carbonyl (C=O) groups is 3. The molecule has 6 aliphatic rings. The minimum absolute atomic E-state index is 0.0640. The van der Waals surface area contributed by atoms with Crippen LogP contribution in [0.1, 0.15) is 441 Å². The van der Waals surface area contributed by atoms with Crippen molar-refractivity contribution in [2.45, 2.75) is 407 Å². The minimum atomic E-state index is -0.315. The van der Waals surface area contributed by atoms with Gasteiger partial charge in [0.05, 0.1) is 62.4 Å². The maximum absolute atomic E-state index is 14.2. The highest BCUT2D eigenvalue weighted by molar-refractivity contribution is 6.39. The van der Waals surface area contributed by atoms with Gasteiger partial charge in [0.1, 0.15) is 31.0 Å². The topological polar surface area (TPSA) is 199 Å². The van der Waals surface area contributed by atoms with Gasteiger partial charge in [-0.15, -0.1) is 11.4 Å². The van der Waals surface area contributed by atoms with E-state index in [0.717, 1.165) is 119 Å². The van der Waals surface area contributed by atoms with Crippen molar-refractivity contribution in [2.75, 3.05) is 6.54 Å². The number of fused-ring (bicyclic) bond motifs is 4. The molecule has 8 bridgehead atoms. The van der Waals surface area contributed by atoms with Crippen molar-refractivity contribution in [3.8, 4) is 0 Å². The SMILES string of the molecule is CCCCCCCCCCCCCCCCN1C=CC(=C(O)[N-]c2ccc(C3=C4C=CC(=N4)C(c4ccc([N-]C(=O)c5cc[n+](CCCCCCCCCCCCCCCC)cc5)cc4)=C4C=CC(=N4)C(c4ccc([NH2+]C(=O)c5cc[n+](CCCCCCCCCCCCCCCC)cc5)cc4)=C4C=CC(=[NH+]4)C(c4ccc([NH2+]C(=O)c5cc[n+](CCCCCCCCCCCCCCCC)cc5)cc4)=C4C=CC3=N4)cc2)C=C1. The van der Waals surface area contributed by atoms with E-state index >= 15 is 0 Å². The van der Waals surface area contributed by atoms with Crippen LogP contribution in [0, 0.1) is 0 Å². The number of carbonyl (C=O) groups excluding carboxylic acids is 3. The zero-order valence-electron chi connectivity index (χ0n) is 90.9. The van der Waals surface area contributed by atoms with Gasteiger partial charge in [0, 0.05) is 134 Å². The molecule has 0 radical (unpaired) electrons. The van der Waals surface area contributed by atoms with Crippen molar-refractivity contribution in [1.82, 2.24) is 4.90 Å². The Morgan fingerprint density at radius 1 is 0.291 bits per heavy atom. The van der Waals surface area contributed by atoms with Crippen LogP contribution in [0.25, 0.3) is 32.9 Å². The molecule has 6 aliphatic heterocycles. The third-order valence-corrected chi connectivity index (χ3v) is 30.2. The van der Waals surface area contributed by atoms with Gasteiger partial charge in [-0.2, -0.15) is 0 Å². The highest BCUT2D eigenvalue weighted by atomic mass is 16.3. The summed E-state index contributed by atoms with van der Waals surface area (Å²) in [7, 11) is 0. The summed E-state index contributed by atoms with van der Waals surface area (Å²) in [4.78, 5) is 65.7. The second kappa shape index (κ2) is 66.0. The molecular formula is C132H178N12O4+4. The van der Waals surface area contributed by atoms with Crippen LogP contribution in [0.2, 0.25) is 0 Å². The van der Waals surface area contributed by atoms with Crippen molar-refractivity contribution < 1.29 is 48.8 Å². The van der Waals surface area contributed by atoms with E-state index in [2.05, 4.69) is 123 Å². The third kappa shape index (κ3) is 38.7. The quantitative estimate of drug-likeness (QED) is 0.0127. The molecule has 7 aromatic rings. The number of aliphatic imine (C=N–C) groups is 3. The molecule has 4 aromatic carbocycles. The van der Waals surface area contributed by atoms with Gasteiger partial charge in [-0.05, 0) is 126 Å². The summed E-state index contributed by atoms with van der Waals surface area (Å²) in [6.45, 7) is 12.8. The summed E-state index contributed by atoms with van der Waals surface area (Å²) in [6.07, 6.45) is 111. The molecule has 13 rings (SSSR count). The van der Waals surface area contributed by atoms with Crippen LogP contribution in [-0.4, -0.2) is 57.1 Å². The molecule has 3 aromatic heterocycles. The normalized spacial score (nSPS) is 14.1. The fourth-order valence-electron chi connectivity index (χ4n) is 21.1. The molecule has 16 nitrogen and oxygen atoms in total. The number of aryl methyl sites for hydroxylation is 3. The van der Waals surface area contributed by atoms with Crippen LogP contribution < -0.4 is 29.3 Å². The Kier molecular flexibility index (Phi) is 50.6. The molecule has 9 heterocycles. The van der Waals surface area contributed by atoms with Crippen LogP contribution in [0.15, 0.2) is 293 Å². The Bertz CT molecular complexity index is 5610. The van der Waals surface area contributed by atoms with Crippen LogP contribution in [0.4, 0.5) is 22.7 Å². The van der Waals surface area contributed by atoms with E-state index in [4.69, 9.17) is 20.3 Å². The van der Waals surface area contributed by atoms with Gasteiger partial charge in [0.15, 0.2) is 37.2 Å². The lowest BCUT2D eigenvalue weighted by Crippen LogP contribution is -2.82. The van der Waals surface area contributed by atoms with Gasteiger partial charge in [-0.3, -0.25) is 0 Å². The number of primary amides is 2. The van der Waals surface area contributed by atoms with Gasteiger partial charge in [-0.1, -0.05) is 391 Å². The average Bonchev–Trinajstić information content (AvgIpc) is 1.61. The Hall–Kier alpha value is -11.7. The predicted octanol–water partition coefficient (Wildman–Crippen LogP) is 31.6. The van der Waals surface area contributed by atoms with E-state index in [1.807, 2.05) is 177 Å². The first-order chi connectivity index (χ1) is 73.0. The Balaban J connectivity index is 0.749. The zero-order valence-corrected chi connectivity index (χ0v) is 90.9. The first-order valence-electron chi connectivity index (χ1n) is 58.8. The van der Waals surface area contributed by atoms with Crippen molar-refractivity contribution in [1.29, 1.82) is 0 Å². The molecule has 0 saturated heterocycles. The summed E-state index contributed by atoms with van der Waals surface area (Å²) >= 11 is 0. The van der Waals surface area contributed by atoms with Crippen LogP contribution in [0.5, 0.6) is 0 Å². The lowest BCUT2D eigenvalue weighted by molar-refractivity contribution is -0.697. The molecule has 786 valence electrons. The van der Waals surface area contributed by atoms with Crippen LogP contribution in [0.3, 0.4) is 0 Å². The molecule has 0 unspecified atom stereocenters. The van der Waals surface area contributed by atoms with E-state index in [-0.39, 0.29) is 23.6 Å². The smallest absolute Gasteiger partial charge is 0.348 e. The zero-order chi connectivity index (χ0) is 103. The van der Waals surface area contributed by atoms with E-state index in [1.54, 1.807) is 10.6 Å². The number of nitrogens with zero attached hydrogens (tertiary/aromatic N) is 9. The number of hydrogen-bond donors (Lipinski definition) is 4. The molecule has 16 heteroatoms. The fourth-order valence-corrected chi connectivity index (χ4v) is 21.1. The van der Waals surface area contributed by atoms with Crippen molar-refractivity contribution in [3.05, 3.63) is 328 Å². The highest BCUT2D eigenvalue weighted by Crippen LogP contribution is 2.40. The number of pyridine rings is 3. The Morgan fingerprint density at radius 3 is 0.905 bits per heavy atom. The number of allylic oxidation sites excluding steroid dienone is 15. The van der Waals surface area contributed by atoms with Crippen molar-refractivity contribution in [3.63, 3.8) is 0 Å². The minimum Gasteiger partial charge on any atom is -0.627 e. The second-order valence-corrected chi connectivity index (χ2v) is 42.3. The molecule has 0 aliphatic carbocycles. The summed E-state index contributed by atoms with van der Waals surface area (Å²) in [5.41, 5.74) is 17.4. The van der Waals surface area contributed by atoms with Gasteiger partial charge < -0.3 is 25.4 Å². The van der Waals surface area contributed by atoms with E-state index in [1.165, 1.54) is 334 Å². The Labute approximate surface area is 889 Å². The van der Waals surface area contributed by atoms with Crippen molar-refractivity contribution >= 4 is 85.6 Å². The number of aliphatic hydroxyl groups excluding tert-OH is 1. The number of quaternary nitrogens is 2. The number of unbranched alkanes of at least 4 members (excludes halogenated alkanes) is 52. The Morgan fingerprint density at radius 2 is 0.568 bits per heavy atom. The summed E-state index contributed by atoms with van der Waals surface area (Å²) in [5.74, 6) is -0.511. The van der Waals surface area contributed by atoms with Crippen LogP contribution in [-0.2, 0) is 19.6 Å². The molecule has 148 heavy (non-hydrogen) atoms. The average molecular weight is 2000 g/mol. The summed E-state index contributed by atoms with van der Waals surface area (Å²) in [6, 6.07) is 43.6. The number of aliphatic hydroxyl groups is 1. The summed E-state index contributed by atoms with van der Waals surface area (Å²) < 4.78 is 6.58. The van der Waals surface area contributed by atoms with Crippen molar-refractivity contribution in [2.24, 2.45) is 15.0 Å². The van der Waals surface area contributed by atoms with Crippen LogP contribution >= 0.6 is 0 Å². The molecule has 0 saturated carbocycles. The molecule has 0 atom stereocenters. The second-order valence-electron chi connectivity index (χ2n) is 42.3. The molecule has 3 amide bonds. The van der Waals surface area contributed by atoms with Gasteiger partial charge in [0.2, 0.25) is 11.4 Å². The van der Waals surface area contributed by atoms with Gasteiger partial charge in [-0.25, -0.2) is 53.9 Å². The molecule has 6 N–H and O–H groups in total. The maximum atomic E-state index is 14.2. The number of nitrogens with two attached hydrogens (primary N) is 2. The van der Waals surface area contributed by atoms with Gasteiger partial charge >= 0.3 is 11.8 Å². The summed E-state index contributed by atoms with van der Waals surface area (Å²) in [5, 5.41) is 24.6. The maximum Gasteiger partial charge on any atom is 0.348 e. The number of rotatable bonds is 72. The van der Waals surface area contributed by atoms with Gasteiger partial charge in [0.25, 0.3) is 0 Å². The predicted molar refractivity (Wildman–Crippen MR) is 616 cm³/mol. The number of nitrogens with one attached hydrogen (secondary N) is 1. The lowest BCUT2D eigenvalue weighted by Gasteiger charge is -2.25. The lowest BCUT2D eigenvalue weighted by atomic mass is 9.98. The third-order valence-electron chi connectivity index (χ3n) is 30.2. The number of amides is 3. The van der Waals surface area contributed by atoms with E-state index in [0.29, 0.717) is 67.9 Å². The highest BCUT2D eigenvalue weighted by Gasteiger charge is 2.32. The van der Waals surface area contributed by atoms with E-state index in [9.17, 15) is 19.5 Å². The first-order valence-corrected chi connectivity index (χ1v) is 58.8. The number of hydrogen-bond acceptors (Lipinski definition) is 8. The largest absolute Gasteiger partial charge is 0.627 e. The van der Waals surface area contributed by atoms with E-state index < -0.39 is 0 Å². The fraction of sp³-hybridized carbons (Fsp3) is 0.485. The first kappa shape index (κ1) is 113.